The highest BCUT2D eigenvalue weighted by Gasteiger charge is 2.33. The predicted octanol–water partition coefficient (Wildman–Crippen LogP) is 2.28. The third-order valence-electron chi connectivity index (χ3n) is 3.91. The third-order valence-corrected chi connectivity index (χ3v) is 3.91. The SMILES string of the molecule is O=C(O)C1COCCN1C(=O)c1ccc(-c2ccccc2)cc1. The first kappa shape index (κ1) is 15.2. The second kappa shape index (κ2) is 6.62. The number of hydrogen-bond acceptors (Lipinski definition) is 3. The Bertz CT molecular complexity index is 697. The van der Waals surface area contributed by atoms with E-state index in [1.807, 2.05) is 42.5 Å². The van der Waals surface area contributed by atoms with Gasteiger partial charge in [-0.3, -0.25) is 4.79 Å². The van der Waals surface area contributed by atoms with E-state index < -0.39 is 12.0 Å². The fourth-order valence-corrected chi connectivity index (χ4v) is 2.65. The molecule has 3 rings (SSSR count). The summed E-state index contributed by atoms with van der Waals surface area (Å²) < 4.78 is 5.16. The molecule has 1 aliphatic heterocycles. The average molecular weight is 311 g/mol. The van der Waals surface area contributed by atoms with Crippen molar-refractivity contribution in [3.8, 4) is 11.1 Å². The molecule has 1 N–H and O–H groups in total. The minimum absolute atomic E-state index is 0.0309. The van der Waals surface area contributed by atoms with Gasteiger partial charge in [0.25, 0.3) is 5.91 Å². The van der Waals surface area contributed by atoms with Crippen LogP contribution in [0, 0.1) is 0 Å². The first-order valence-electron chi connectivity index (χ1n) is 7.44. The molecular formula is C18H17NO4. The number of benzene rings is 2. The summed E-state index contributed by atoms with van der Waals surface area (Å²) in [6.07, 6.45) is 0. The topological polar surface area (TPSA) is 66.8 Å². The molecular weight excluding hydrogens is 294 g/mol. The van der Waals surface area contributed by atoms with Gasteiger partial charge in [0.15, 0.2) is 6.04 Å². The molecule has 0 radical (unpaired) electrons. The molecule has 1 unspecified atom stereocenters. The zero-order valence-corrected chi connectivity index (χ0v) is 12.5. The normalized spacial score (nSPS) is 17.7. The van der Waals surface area contributed by atoms with E-state index in [0.29, 0.717) is 12.2 Å². The molecule has 23 heavy (non-hydrogen) atoms. The highest BCUT2D eigenvalue weighted by molar-refractivity contribution is 5.97. The van der Waals surface area contributed by atoms with Gasteiger partial charge in [0.05, 0.1) is 13.2 Å². The summed E-state index contributed by atoms with van der Waals surface area (Å²) >= 11 is 0. The van der Waals surface area contributed by atoms with Crippen LogP contribution in [0.1, 0.15) is 10.4 Å². The fraction of sp³-hybridized carbons (Fsp3) is 0.222. The molecule has 0 aliphatic carbocycles. The quantitative estimate of drug-likeness (QED) is 0.944. The van der Waals surface area contributed by atoms with Crippen molar-refractivity contribution in [3.63, 3.8) is 0 Å². The summed E-state index contributed by atoms with van der Waals surface area (Å²) in [5.41, 5.74) is 2.57. The summed E-state index contributed by atoms with van der Waals surface area (Å²) in [6, 6.07) is 16.2. The minimum Gasteiger partial charge on any atom is -0.480 e. The highest BCUT2D eigenvalue weighted by atomic mass is 16.5. The Balaban J connectivity index is 1.81. The van der Waals surface area contributed by atoms with Crippen LogP contribution >= 0.6 is 0 Å². The van der Waals surface area contributed by atoms with Crippen LogP contribution in [0.3, 0.4) is 0 Å². The van der Waals surface area contributed by atoms with Gasteiger partial charge >= 0.3 is 5.97 Å². The number of morpholine rings is 1. The van der Waals surface area contributed by atoms with Crippen LogP contribution in [-0.2, 0) is 9.53 Å². The number of amides is 1. The minimum atomic E-state index is -1.04. The molecule has 5 nitrogen and oxygen atoms in total. The Labute approximate surface area is 134 Å². The van der Waals surface area contributed by atoms with Crippen molar-refractivity contribution < 1.29 is 19.4 Å². The lowest BCUT2D eigenvalue weighted by Gasteiger charge is -2.32. The maximum absolute atomic E-state index is 12.6. The van der Waals surface area contributed by atoms with E-state index in [9.17, 15) is 14.7 Å². The Morgan fingerprint density at radius 2 is 1.65 bits per heavy atom. The molecule has 1 aliphatic rings. The van der Waals surface area contributed by atoms with Gasteiger partial charge < -0.3 is 14.7 Å². The van der Waals surface area contributed by atoms with Crippen LogP contribution in [0.5, 0.6) is 0 Å². The van der Waals surface area contributed by atoms with E-state index in [0.717, 1.165) is 11.1 Å². The van der Waals surface area contributed by atoms with E-state index in [1.54, 1.807) is 12.1 Å². The van der Waals surface area contributed by atoms with Gasteiger partial charge in [-0.2, -0.15) is 0 Å². The van der Waals surface area contributed by atoms with Crippen molar-refractivity contribution >= 4 is 11.9 Å². The number of carbonyl (C=O) groups is 2. The van der Waals surface area contributed by atoms with Crippen molar-refractivity contribution in [2.45, 2.75) is 6.04 Å². The third kappa shape index (κ3) is 3.24. The molecule has 118 valence electrons. The van der Waals surface area contributed by atoms with Crippen molar-refractivity contribution in [1.82, 2.24) is 4.90 Å². The fourth-order valence-electron chi connectivity index (χ4n) is 2.65. The molecule has 1 heterocycles. The molecule has 0 bridgehead atoms. The monoisotopic (exact) mass is 311 g/mol. The molecule has 1 saturated heterocycles. The zero-order chi connectivity index (χ0) is 16.2. The molecule has 0 saturated carbocycles. The Morgan fingerprint density at radius 3 is 2.30 bits per heavy atom. The zero-order valence-electron chi connectivity index (χ0n) is 12.5. The molecule has 0 spiro atoms. The lowest BCUT2D eigenvalue weighted by molar-refractivity contribution is -0.147. The Morgan fingerprint density at radius 1 is 1.00 bits per heavy atom. The molecule has 1 atom stereocenters. The lowest BCUT2D eigenvalue weighted by Crippen LogP contribution is -2.52. The maximum Gasteiger partial charge on any atom is 0.328 e. The van der Waals surface area contributed by atoms with Gasteiger partial charge in [0, 0.05) is 12.1 Å². The number of ether oxygens (including phenoxy) is 1. The summed E-state index contributed by atoms with van der Waals surface area (Å²) in [5.74, 6) is -1.32. The first-order valence-corrected chi connectivity index (χ1v) is 7.44. The number of aliphatic carboxylic acids is 1. The summed E-state index contributed by atoms with van der Waals surface area (Å²) in [5, 5.41) is 9.22. The molecule has 2 aromatic rings. The van der Waals surface area contributed by atoms with Crippen molar-refractivity contribution in [2.24, 2.45) is 0 Å². The van der Waals surface area contributed by atoms with Crippen LogP contribution in [0.15, 0.2) is 54.6 Å². The molecule has 2 aromatic carbocycles. The van der Waals surface area contributed by atoms with E-state index in [1.165, 1.54) is 4.90 Å². The maximum atomic E-state index is 12.6. The van der Waals surface area contributed by atoms with E-state index >= 15 is 0 Å². The van der Waals surface area contributed by atoms with E-state index in [-0.39, 0.29) is 19.1 Å². The van der Waals surface area contributed by atoms with Gasteiger partial charge in [-0.15, -0.1) is 0 Å². The highest BCUT2D eigenvalue weighted by Crippen LogP contribution is 2.20. The number of rotatable bonds is 3. The second-order valence-corrected chi connectivity index (χ2v) is 5.37. The van der Waals surface area contributed by atoms with Gasteiger partial charge in [-0.25, -0.2) is 4.79 Å². The average Bonchev–Trinajstić information content (AvgIpc) is 2.62. The summed E-state index contributed by atoms with van der Waals surface area (Å²) in [6.45, 7) is 0.678. The second-order valence-electron chi connectivity index (χ2n) is 5.37. The number of nitrogens with zero attached hydrogens (tertiary/aromatic N) is 1. The van der Waals surface area contributed by atoms with Crippen molar-refractivity contribution in [3.05, 3.63) is 60.2 Å². The number of carboxylic acids is 1. The standard InChI is InChI=1S/C18H17NO4/c20-17(19-10-11-23-12-16(19)18(21)22)15-8-6-14(7-9-15)13-4-2-1-3-5-13/h1-9,16H,10-12H2,(H,21,22). The summed E-state index contributed by atoms with van der Waals surface area (Å²) in [4.78, 5) is 25.2. The van der Waals surface area contributed by atoms with Gasteiger partial charge in [-0.05, 0) is 23.3 Å². The van der Waals surface area contributed by atoms with Crippen LogP contribution in [0.2, 0.25) is 0 Å². The van der Waals surface area contributed by atoms with Crippen molar-refractivity contribution in [2.75, 3.05) is 19.8 Å². The smallest absolute Gasteiger partial charge is 0.328 e. The first-order chi connectivity index (χ1) is 11.2. The van der Waals surface area contributed by atoms with Gasteiger partial charge in [0.1, 0.15) is 0 Å². The van der Waals surface area contributed by atoms with Crippen LogP contribution < -0.4 is 0 Å². The number of carbonyl (C=O) groups excluding carboxylic acids is 1. The van der Waals surface area contributed by atoms with E-state index in [2.05, 4.69) is 0 Å². The largest absolute Gasteiger partial charge is 0.480 e. The molecule has 1 fully saturated rings. The molecule has 5 heteroatoms. The molecule has 1 amide bonds. The van der Waals surface area contributed by atoms with Crippen molar-refractivity contribution in [1.29, 1.82) is 0 Å². The van der Waals surface area contributed by atoms with Crippen LogP contribution in [0.25, 0.3) is 11.1 Å². The molecule has 0 aromatic heterocycles. The Kier molecular flexibility index (Phi) is 4.39. The number of hydrogen-bond donors (Lipinski definition) is 1. The Hall–Kier alpha value is -2.66. The predicted molar refractivity (Wildman–Crippen MR) is 85.2 cm³/mol. The van der Waals surface area contributed by atoms with Gasteiger partial charge in [0.2, 0.25) is 0 Å². The lowest BCUT2D eigenvalue weighted by atomic mass is 10.0. The number of carboxylic acid groups (broad SMARTS) is 1. The van der Waals surface area contributed by atoms with Crippen LogP contribution in [-0.4, -0.2) is 47.7 Å². The van der Waals surface area contributed by atoms with Crippen LogP contribution in [0.4, 0.5) is 0 Å². The summed E-state index contributed by atoms with van der Waals surface area (Å²) in [7, 11) is 0. The van der Waals surface area contributed by atoms with Gasteiger partial charge in [-0.1, -0.05) is 42.5 Å². The van der Waals surface area contributed by atoms with E-state index in [4.69, 9.17) is 4.74 Å².